The van der Waals surface area contributed by atoms with Crippen LogP contribution in [0.25, 0.3) is 0 Å². The largest absolute Gasteiger partial charge is 0.380 e. The summed E-state index contributed by atoms with van der Waals surface area (Å²) in [6.45, 7) is 0. The molecule has 7 heteroatoms. The van der Waals surface area contributed by atoms with Gasteiger partial charge in [-0.05, 0) is 18.2 Å². The van der Waals surface area contributed by atoms with Crippen LogP contribution in [0.1, 0.15) is 0 Å². The van der Waals surface area contributed by atoms with E-state index in [2.05, 4.69) is 0 Å². The van der Waals surface area contributed by atoms with Crippen molar-refractivity contribution in [2.45, 2.75) is 0 Å². The van der Waals surface area contributed by atoms with Crippen LogP contribution < -0.4 is 10.8 Å². The van der Waals surface area contributed by atoms with E-state index in [1.807, 2.05) is 0 Å². The van der Waals surface area contributed by atoms with E-state index in [4.69, 9.17) is 27.5 Å². The van der Waals surface area contributed by atoms with Crippen molar-refractivity contribution >= 4 is 17.3 Å². The molecule has 0 saturated heterocycles. The highest BCUT2D eigenvalue weighted by Gasteiger charge is 2.22. The summed E-state index contributed by atoms with van der Waals surface area (Å²) in [5.74, 6) is -0.604. The first kappa shape index (κ1) is 10.0. The zero-order chi connectivity index (χ0) is 11.0. The van der Waals surface area contributed by atoms with Gasteiger partial charge in [0.05, 0.1) is 6.20 Å². The molecule has 1 aliphatic rings. The molecule has 0 spiro atoms. The Hall–Kier alpha value is -1.50. The van der Waals surface area contributed by atoms with Gasteiger partial charge >= 0.3 is 0 Å². The van der Waals surface area contributed by atoms with E-state index in [0.717, 1.165) is 5.06 Å². The van der Waals surface area contributed by atoms with Crippen molar-refractivity contribution in [2.24, 2.45) is 5.73 Å². The molecule has 0 saturated carbocycles. The summed E-state index contributed by atoms with van der Waals surface area (Å²) in [5.41, 5.74) is 5.37. The molecule has 5 nitrogen and oxygen atoms in total. The number of benzene rings is 1. The number of hydroxylamine groups is 3. The van der Waals surface area contributed by atoms with E-state index in [1.165, 1.54) is 24.4 Å². The standard InChI is InChI=1S/C8H7ClFN3O2/c9-5-1-2-6(10)7(3-5)12-4-8(11)13(14)15-12/h1-4,14H,11H2. The molecule has 80 valence electrons. The predicted octanol–water partition coefficient (Wildman–Crippen LogP) is 1.59. The monoisotopic (exact) mass is 231 g/mol. The van der Waals surface area contributed by atoms with Crippen molar-refractivity contribution in [3.05, 3.63) is 41.1 Å². The minimum Gasteiger partial charge on any atom is -0.380 e. The summed E-state index contributed by atoms with van der Waals surface area (Å²) >= 11 is 5.69. The van der Waals surface area contributed by atoms with Crippen molar-refractivity contribution in [1.29, 1.82) is 0 Å². The SMILES string of the molecule is NC1=CN(c2cc(Cl)ccc2F)ON1O. The Morgan fingerprint density at radius 1 is 1.47 bits per heavy atom. The second-order valence-electron chi connectivity index (χ2n) is 2.83. The highest BCUT2D eigenvalue weighted by atomic mass is 35.5. The van der Waals surface area contributed by atoms with Gasteiger partial charge < -0.3 is 5.73 Å². The molecule has 1 aromatic rings. The Balaban J connectivity index is 2.35. The number of anilines is 1. The maximum Gasteiger partial charge on any atom is 0.176 e. The van der Waals surface area contributed by atoms with E-state index in [9.17, 15) is 4.39 Å². The second kappa shape index (κ2) is 3.58. The summed E-state index contributed by atoms with van der Waals surface area (Å²) in [5, 5.41) is 10.6. The van der Waals surface area contributed by atoms with Gasteiger partial charge in [-0.3, -0.25) is 5.21 Å². The van der Waals surface area contributed by atoms with Crippen LogP contribution in [0.2, 0.25) is 5.02 Å². The third kappa shape index (κ3) is 1.82. The zero-order valence-electron chi connectivity index (χ0n) is 7.39. The molecule has 0 atom stereocenters. The van der Waals surface area contributed by atoms with Crippen LogP contribution in [0.5, 0.6) is 0 Å². The minimum atomic E-state index is -0.543. The maximum atomic E-state index is 13.3. The van der Waals surface area contributed by atoms with Gasteiger partial charge in [-0.2, -0.15) is 5.06 Å². The van der Waals surface area contributed by atoms with Gasteiger partial charge in [-0.1, -0.05) is 16.8 Å². The van der Waals surface area contributed by atoms with Crippen LogP contribution >= 0.6 is 11.6 Å². The highest BCUT2D eigenvalue weighted by molar-refractivity contribution is 6.30. The van der Waals surface area contributed by atoms with Gasteiger partial charge in [-0.15, -0.1) is 4.94 Å². The highest BCUT2D eigenvalue weighted by Crippen LogP contribution is 2.27. The molecule has 2 rings (SSSR count). The van der Waals surface area contributed by atoms with Gasteiger partial charge in [0.25, 0.3) is 0 Å². The fraction of sp³-hybridized carbons (Fsp3) is 0. The third-order valence-electron chi connectivity index (χ3n) is 1.78. The first-order chi connectivity index (χ1) is 7.08. The lowest BCUT2D eigenvalue weighted by Crippen LogP contribution is -2.23. The topological polar surface area (TPSA) is 62.0 Å². The number of nitrogens with zero attached hydrogens (tertiary/aromatic N) is 2. The van der Waals surface area contributed by atoms with Crippen LogP contribution in [0, 0.1) is 5.82 Å². The lowest BCUT2D eigenvalue weighted by Gasteiger charge is -2.15. The van der Waals surface area contributed by atoms with E-state index in [-0.39, 0.29) is 11.5 Å². The summed E-state index contributed by atoms with van der Waals surface area (Å²) in [6.07, 6.45) is 1.22. The Bertz CT molecular complexity index is 426. The first-order valence-electron chi connectivity index (χ1n) is 3.96. The molecular weight excluding hydrogens is 225 g/mol. The lowest BCUT2D eigenvalue weighted by atomic mass is 10.3. The zero-order valence-corrected chi connectivity index (χ0v) is 8.15. The molecular formula is C8H7ClFN3O2. The fourth-order valence-electron chi connectivity index (χ4n) is 1.09. The van der Waals surface area contributed by atoms with Gasteiger partial charge in [0.2, 0.25) is 0 Å². The summed E-state index contributed by atoms with van der Waals surface area (Å²) < 4.78 is 13.3. The van der Waals surface area contributed by atoms with E-state index in [0.29, 0.717) is 10.2 Å². The molecule has 0 radical (unpaired) electrons. The average Bonchev–Trinajstić information content (AvgIpc) is 2.51. The molecule has 0 aliphatic carbocycles. The molecule has 1 aliphatic heterocycles. The average molecular weight is 232 g/mol. The van der Waals surface area contributed by atoms with Crippen molar-refractivity contribution in [2.75, 3.05) is 5.06 Å². The third-order valence-corrected chi connectivity index (χ3v) is 2.02. The van der Waals surface area contributed by atoms with Crippen LogP contribution in [0.15, 0.2) is 30.2 Å². The molecule has 0 aromatic heterocycles. The Morgan fingerprint density at radius 2 is 2.20 bits per heavy atom. The molecule has 0 unspecified atom stereocenters. The Kier molecular flexibility index (Phi) is 2.39. The van der Waals surface area contributed by atoms with Crippen molar-refractivity contribution in [3.63, 3.8) is 0 Å². The van der Waals surface area contributed by atoms with Crippen LogP contribution in [0.3, 0.4) is 0 Å². The van der Waals surface area contributed by atoms with Crippen LogP contribution in [-0.4, -0.2) is 10.4 Å². The van der Waals surface area contributed by atoms with Crippen molar-refractivity contribution in [3.8, 4) is 0 Å². The number of hydrogen-bond donors (Lipinski definition) is 2. The molecule has 1 aromatic carbocycles. The fourth-order valence-corrected chi connectivity index (χ4v) is 1.26. The number of halogens is 2. The second-order valence-corrected chi connectivity index (χ2v) is 3.27. The maximum absolute atomic E-state index is 13.3. The van der Waals surface area contributed by atoms with E-state index in [1.54, 1.807) is 0 Å². The Morgan fingerprint density at radius 3 is 2.80 bits per heavy atom. The lowest BCUT2D eigenvalue weighted by molar-refractivity contribution is -0.304. The quantitative estimate of drug-likeness (QED) is 0.769. The molecule has 1 heterocycles. The summed E-state index contributed by atoms with van der Waals surface area (Å²) in [6, 6.07) is 3.94. The van der Waals surface area contributed by atoms with Crippen LogP contribution in [0.4, 0.5) is 10.1 Å². The molecule has 0 bridgehead atoms. The van der Waals surface area contributed by atoms with Gasteiger partial charge in [0.1, 0.15) is 11.5 Å². The van der Waals surface area contributed by atoms with E-state index < -0.39 is 5.82 Å². The van der Waals surface area contributed by atoms with Crippen molar-refractivity contribution < 1.29 is 14.5 Å². The van der Waals surface area contributed by atoms with Gasteiger partial charge in [0.15, 0.2) is 5.82 Å². The smallest absolute Gasteiger partial charge is 0.176 e. The molecule has 0 fully saturated rings. The summed E-state index contributed by atoms with van der Waals surface area (Å²) in [4.78, 5) is 4.70. The first-order valence-corrected chi connectivity index (χ1v) is 4.34. The number of nitrogens with two attached hydrogens (primary N) is 1. The molecule has 3 N–H and O–H groups in total. The normalized spacial score (nSPS) is 15.8. The van der Waals surface area contributed by atoms with Gasteiger partial charge in [-0.25, -0.2) is 4.39 Å². The summed E-state index contributed by atoms with van der Waals surface area (Å²) in [7, 11) is 0. The molecule has 15 heavy (non-hydrogen) atoms. The Labute approximate surface area is 89.6 Å². The predicted molar refractivity (Wildman–Crippen MR) is 50.9 cm³/mol. The van der Waals surface area contributed by atoms with E-state index >= 15 is 0 Å². The minimum absolute atomic E-state index is 0.0574. The van der Waals surface area contributed by atoms with Crippen molar-refractivity contribution in [1.82, 2.24) is 5.23 Å². The van der Waals surface area contributed by atoms with Gasteiger partial charge in [0, 0.05) is 5.02 Å². The number of rotatable bonds is 1. The number of hydrogen-bond acceptors (Lipinski definition) is 5. The molecule has 0 amide bonds. The van der Waals surface area contributed by atoms with Crippen LogP contribution in [-0.2, 0) is 4.94 Å².